The summed E-state index contributed by atoms with van der Waals surface area (Å²) in [5.41, 5.74) is 4.67. The van der Waals surface area contributed by atoms with E-state index in [-0.39, 0.29) is 0 Å². The molecule has 1 aromatic rings. The Labute approximate surface area is 79.3 Å². The number of hydrazine groups is 1. The number of nitrogens with zero attached hydrogens (tertiary/aromatic N) is 1. The van der Waals surface area contributed by atoms with Gasteiger partial charge in [-0.05, 0) is 11.6 Å². The summed E-state index contributed by atoms with van der Waals surface area (Å²) in [6.45, 7) is 0. The minimum absolute atomic E-state index is 0.594. The summed E-state index contributed by atoms with van der Waals surface area (Å²) < 4.78 is 0. The van der Waals surface area contributed by atoms with Gasteiger partial charge in [0.05, 0.1) is 11.3 Å². The summed E-state index contributed by atoms with van der Waals surface area (Å²) >= 11 is 3.29. The summed E-state index contributed by atoms with van der Waals surface area (Å²) in [4.78, 5) is 0. The highest BCUT2D eigenvalue weighted by Crippen LogP contribution is 2.19. The van der Waals surface area contributed by atoms with E-state index in [0.717, 1.165) is 5.56 Å². The third-order valence-electron chi connectivity index (χ3n) is 1.56. The van der Waals surface area contributed by atoms with Crippen LogP contribution in [-0.4, -0.2) is 0 Å². The van der Waals surface area contributed by atoms with Crippen LogP contribution in [0.5, 0.6) is 0 Å². The Kier molecular flexibility index (Phi) is 3.09. The number of nitrogens with two attached hydrogens (primary N) is 1. The molecule has 12 heavy (non-hydrogen) atoms. The lowest BCUT2D eigenvalue weighted by atomic mass is 10.1. The molecule has 0 aliphatic rings. The molecule has 0 unspecified atom stereocenters. The smallest absolute Gasteiger partial charge is 0.102 e. The normalized spacial score (nSPS) is 9.08. The molecule has 0 radical (unpaired) electrons. The minimum Gasteiger partial charge on any atom is -0.323 e. The lowest BCUT2D eigenvalue weighted by Gasteiger charge is -2.05. The molecule has 0 bridgehead atoms. The molecule has 0 saturated heterocycles. The van der Waals surface area contributed by atoms with Crippen molar-refractivity contribution in [2.75, 3.05) is 5.43 Å². The molecule has 3 nitrogen and oxygen atoms in total. The maximum Gasteiger partial charge on any atom is 0.102 e. The van der Waals surface area contributed by atoms with Gasteiger partial charge in [0.2, 0.25) is 0 Å². The predicted octanol–water partition coefficient (Wildman–Crippen LogP) is 1.74. The van der Waals surface area contributed by atoms with Crippen molar-refractivity contribution in [3.05, 3.63) is 29.3 Å². The maximum absolute atomic E-state index is 8.80. The number of nitrogens with one attached hydrogen (secondary N) is 1. The number of benzene rings is 1. The standard InChI is InChI=1S/C8H8BrN3/c9-4-6-2-1-3-8(12-11)7(6)5-10/h1-3,12H,4,11H2. The third-order valence-corrected chi connectivity index (χ3v) is 2.17. The van der Waals surface area contributed by atoms with E-state index in [1.807, 2.05) is 12.1 Å². The Morgan fingerprint density at radius 3 is 2.83 bits per heavy atom. The number of alkyl halides is 1. The van der Waals surface area contributed by atoms with Gasteiger partial charge in [-0.15, -0.1) is 0 Å². The highest BCUT2D eigenvalue weighted by molar-refractivity contribution is 9.08. The lowest BCUT2D eigenvalue weighted by Crippen LogP contribution is -2.09. The number of anilines is 1. The molecule has 1 aromatic carbocycles. The molecule has 0 aliphatic heterocycles. The summed E-state index contributed by atoms with van der Waals surface area (Å²) in [7, 11) is 0. The van der Waals surface area contributed by atoms with E-state index in [1.165, 1.54) is 0 Å². The van der Waals surface area contributed by atoms with Crippen LogP contribution in [0.4, 0.5) is 5.69 Å². The van der Waals surface area contributed by atoms with Crippen molar-refractivity contribution in [3.63, 3.8) is 0 Å². The number of halogens is 1. The molecule has 0 aliphatic carbocycles. The van der Waals surface area contributed by atoms with Gasteiger partial charge in [-0.2, -0.15) is 5.26 Å². The van der Waals surface area contributed by atoms with Crippen LogP contribution in [-0.2, 0) is 5.33 Å². The molecule has 0 atom stereocenters. The van der Waals surface area contributed by atoms with Crippen LogP contribution in [0, 0.1) is 11.3 Å². The highest BCUT2D eigenvalue weighted by atomic mass is 79.9. The van der Waals surface area contributed by atoms with Crippen molar-refractivity contribution in [1.82, 2.24) is 0 Å². The molecule has 0 amide bonds. The molecular formula is C8H8BrN3. The second kappa shape index (κ2) is 4.10. The molecule has 3 N–H and O–H groups in total. The molecule has 0 fully saturated rings. The van der Waals surface area contributed by atoms with Crippen molar-refractivity contribution in [1.29, 1.82) is 5.26 Å². The average molecular weight is 226 g/mol. The zero-order chi connectivity index (χ0) is 8.97. The quantitative estimate of drug-likeness (QED) is 0.458. The van der Waals surface area contributed by atoms with Crippen molar-refractivity contribution >= 4 is 21.6 Å². The fourth-order valence-electron chi connectivity index (χ4n) is 0.964. The van der Waals surface area contributed by atoms with Crippen LogP contribution < -0.4 is 11.3 Å². The van der Waals surface area contributed by atoms with E-state index in [9.17, 15) is 0 Å². The van der Waals surface area contributed by atoms with Crippen LogP contribution in [0.1, 0.15) is 11.1 Å². The Hall–Kier alpha value is -1.05. The van der Waals surface area contributed by atoms with E-state index in [1.54, 1.807) is 6.07 Å². The van der Waals surface area contributed by atoms with Crippen molar-refractivity contribution in [3.8, 4) is 6.07 Å². The van der Waals surface area contributed by atoms with Crippen LogP contribution in [0.15, 0.2) is 18.2 Å². The second-order valence-corrected chi connectivity index (χ2v) is 2.79. The van der Waals surface area contributed by atoms with Gasteiger partial charge in [0.15, 0.2) is 0 Å². The van der Waals surface area contributed by atoms with E-state index in [4.69, 9.17) is 11.1 Å². The molecule has 0 aromatic heterocycles. The van der Waals surface area contributed by atoms with E-state index < -0.39 is 0 Å². The lowest BCUT2D eigenvalue weighted by molar-refractivity contribution is 1.30. The largest absolute Gasteiger partial charge is 0.323 e. The first-order valence-electron chi connectivity index (χ1n) is 3.38. The van der Waals surface area contributed by atoms with Gasteiger partial charge < -0.3 is 5.43 Å². The van der Waals surface area contributed by atoms with Crippen LogP contribution in [0.2, 0.25) is 0 Å². The van der Waals surface area contributed by atoms with Gasteiger partial charge in [-0.25, -0.2) is 0 Å². The zero-order valence-corrected chi connectivity index (χ0v) is 7.93. The molecule has 0 spiro atoms. The molecular weight excluding hydrogens is 218 g/mol. The van der Waals surface area contributed by atoms with Gasteiger partial charge in [0.25, 0.3) is 0 Å². The van der Waals surface area contributed by atoms with Gasteiger partial charge in [-0.1, -0.05) is 28.1 Å². The molecule has 62 valence electrons. The van der Waals surface area contributed by atoms with Gasteiger partial charge in [0.1, 0.15) is 6.07 Å². The molecule has 4 heteroatoms. The minimum atomic E-state index is 0.594. The molecule has 0 saturated carbocycles. The van der Waals surface area contributed by atoms with E-state index >= 15 is 0 Å². The highest BCUT2D eigenvalue weighted by Gasteiger charge is 2.04. The summed E-state index contributed by atoms with van der Waals surface area (Å²) in [5.74, 6) is 5.23. The van der Waals surface area contributed by atoms with Crippen LogP contribution >= 0.6 is 15.9 Å². The Morgan fingerprint density at radius 2 is 2.33 bits per heavy atom. The third kappa shape index (κ3) is 1.58. The first-order valence-corrected chi connectivity index (χ1v) is 4.50. The number of hydrogen-bond acceptors (Lipinski definition) is 3. The average Bonchev–Trinajstić information content (AvgIpc) is 2.16. The number of nitrogen functional groups attached to an aromatic ring is 1. The number of nitriles is 1. The SMILES string of the molecule is N#Cc1c(CBr)cccc1NN. The number of rotatable bonds is 2. The summed E-state index contributed by atoms with van der Waals surface area (Å²) in [6, 6.07) is 7.60. The van der Waals surface area contributed by atoms with Crippen LogP contribution in [0.3, 0.4) is 0 Å². The molecule has 0 heterocycles. The van der Waals surface area contributed by atoms with Gasteiger partial charge >= 0.3 is 0 Å². The Bertz CT molecular complexity index is 294. The Balaban J connectivity index is 3.25. The van der Waals surface area contributed by atoms with Crippen molar-refractivity contribution in [2.24, 2.45) is 5.84 Å². The second-order valence-electron chi connectivity index (χ2n) is 2.23. The van der Waals surface area contributed by atoms with Crippen molar-refractivity contribution < 1.29 is 0 Å². The van der Waals surface area contributed by atoms with E-state index in [2.05, 4.69) is 27.4 Å². The van der Waals surface area contributed by atoms with E-state index in [0.29, 0.717) is 16.6 Å². The molecule has 1 rings (SSSR count). The maximum atomic E-state index is 8.80. The first-order chi connectivity index (χ1) is 5.83. The van der Waals surface area contributed by atoms with Crippen LogP contribution in [0.25, 0.3) is 0 Å². The summed E-state index contributed by atoms with van der Waals surface area (Å²) in [6.07, 6.45) is 0. The topological polar surface area (TPSA) is 61.8 Å². The predicted molar refractivity (Wildman–Crippen MR) is 51.6 cm³/mol. The Morgan fingerprint density at radius 1 is 1.58 bits per heavy atom. The fourth-order valence-corrected chi connectivity index (χ4v) is 1.43. The van der Waals surface area contributed by atoms with Crippen molar-refractivity contribution in [2.45, 2.75) is 5.33 Å². The number of hydrogen-bond donors (Lipinski definition) is 2. The van der Waals surface area contributed by atoms with Gasteiger partial charge in [-0.3, -0.25) is 5.84 Å². The summed E-state index contributed by atoms with van der Waals surface area (Å²) in [5, 5.41) is 9.45. The first kappa shape index (κ1) is 9.04. The van der Waals surface area contributed by atoms with Gasteiger partial charge in [0, 0.05) is 5.33 Å². The monoisotopic (exact) mass is 225 g/mol. The fraction of sp³-hybridized carbons (Fsp3) is 0.125. The zero-order valence-electron chi connectivity index (χ0n) is 6.34.